The largest absolute Gasteiger partial charge is 0.344 e. The Balaban J connectivity index is 1.85. The normalized spacial score (nSPS) is 12.2. The Morgan fingerprint density at radius 2 is 2.08 bits per heavy atom. The second kappa shape index (κ2) is 8.25. The van der Waals surface area contributed by atoms with Gasteiger partial charge in [-0.15, -0.1) is 0 Å². The number of fused-ring (bicyclic) bond motifs is 1. The minimum atomic E-state index is -0.183. The molecule has 5 nitrogen and oxygen atoms in total. The summed E-state index contributed by atoms with van der Waals surface area (Å²) in [6.07, 6.45) is 9.28. The molecule has 3 aromatic rings. The molecule has 25 heavy (non-hydrogen) atoms. The van der Waals surface area contributed by atoms with E-state index in [-0.39, 0.29) is 11.9 Å². The van der Waals surface area contributed by atoms with E-state index in [9.17, 15) is 4.79 Å². The van der Waals surface area contributed by atoms with Crippen LogP contribution in [0.25, 0.3) is 5.52 Å². The Labute approximate surface area is 155 Å². The summed E-state index contributed by atoms with van der Waals surface area (Å²) in [5.41, 5.74) is 2.18. The van der Waals surface area contributed by atoms with Crippen LogP contribution in [0.1, 0.15) is 54.7 Å². The SMILES string of the molecule is CCCCCC(NC(=O)c1nccn2ncc(Br)c12)c1ccccc1. The molecular formula is C19H21BrN4O. The highest BCUT2D eigenvalue weighted by Gasteiger charge is 2.20. The van der Waals surface area contributed by atoms with Crippen molar-refractivity contribution >= 4 is 27.4 Å². The monoisotopic (exact) mass is 400 g/mol. The standard InChI is InChI=1S/C19H21BrN4O/c1-2-3-5-10-16(14-8-6-4-7-9-14)23-19(25)17-18-15(20)13-22-24(18)12-11-21-17/h4,6-9,11-13,16H,2-3,5,10H2,1H3,(H,23,25). The molecule has 0 fully saturated rings. The van der Waals surface area contributed by atoms with Crippen molar-refractivity contribution < 1.29 is 4.79 Å². The Morgan fingerprint density at radius 3 is 2.84 bits per heavy atom. The molecule has 0 saturated heterocycles. The molecule has 0 aliphatic heterocycles. The molecule has 3 rings (SSSR count). The molecule has 0 aliphatic rings. The van der Waals surface area contributed by atoms with Gasteiger partial charge < -0.3 is 5.32 Å². The molecule has 2 aromatic heterocycles. The summed E-state index contributed by atoms with van der Waals surface area (Å²) >= 11 is 3.45. The number of carbonyl (C=O) groups is 1. The number of hydrogen-bond acceptors (Lipinski definition) is 3. The highest BCUT2D eigenvalue weighted by Crippen LogP contribution is 2.23. The molecule has 0 saturated carbocycles. The molecule has 1 atom stereocenters. The van der Waals surface area contributed by atoms with Gasteiger partial charge in [-0.1, -0.05) is 56.5 Å². The molecule has 2 heterocycles. The maximum atomic E-state index is 12.9. The number of nitrogens with one attached hydrogen (secondary N) is 1. The number of halogens is 1. The van der Waals surface area contributed by atoms with Crippen molar-refractivity contribution in [3.05, 3.63) is 64.7 Å². The molecule has 6 heteroatoms. The molecule has 1 amide bonds. The summed E-state index contributed by atoms with van der Waals surface area (Å²) < 4.78 is 2.41. The van der Waals surface area contributed by atoms with E-state index in [0.29, 0.717) is 11.2 Å². The molecule has 1 N–H and O–H groups in total. The molecule has 0 radical (unpaired) electrons. The molecule has 1 aromatic carbocycles. The summed E-state index contributed by atoms with van der Waals surface area (Å²) in [6, 6.07) is 10.1. The van der Waals surface area contributed by atoms with Crippen molar-refractivity contribution in [2.75, 3.05) is 0 Å². The number of amides is 1. The van der Waals surface area contributed by atoms with Gasteiger partial charge in [-0.3, -0.25) is 4.79 Å². The zero-order valence-electron chi connectivity index (χ0n) is 14.2. The minimum absolute atomic E-state index is 0.0241. The topological polar surface area (TPSA) is 59.3 Å². The maximum absolute atomic E-state index is 12.9. The van der Waals surface area contributed by atoms with E-state index < -0.39 is 0 Å². The van der Waals surface area contributed by atoms with Crippen LogP contribution in [0.5, 0.6) is 0 Å². The van der Waals surface area contributed by atoms with Crippen LogP contribution in [0.15, 0.2) is 53.4 Å². The summed E-state index contributed by atoms with van der Waals surface area (Å²) in [7, 11) is 0. The average Bonchev–Trinajstić information content (AvgIpc) is 3.03. The summed E-state index contributed by atoms with van der Waals surface area (Å²) in [6.45, 7) is 2.18. The number of nitrogens with zero attached hydrogens (tertiary/aromatic N) is 3. The van der Waals surface area contributed by atoms with Gasteiger partial charge >= 0.3 is 0 Å². The quantitative estimate of drug-likeness (QED) is 0.592. The van der Waals surface area contributed by atoms with Gasteiger partial charge in [0.25, 0.3) is 5.91 Å². The van der Waals surface area contributed by atoms with E-state index in [0.717, 1.165) is 35.7 Å². The molecule has 0 bridgehead atoms. The fraction of sp³-hybridized carbons (Fsp3) is 0.316. The number of unbranched alkanes of at least 4 members (excludes halogenated alkanes) is 2. The first-order valence-corrected chi connectivity index (χ1v) is 9.33. The predicted octanol–water partition coefficient (Wildman–Crippen LogP) is 4.54. The van der Waals surface area contributed by atoms with Gasteiger partial charge in [0.05, 0.1) is 16.7 Å². The van der Waals surface area contributed by atoms with E-state index in [1.54, 1.807) is 23.1 Å². The Hall–Kier alpha value is -2.21. The van der Waals surface area contributed by atoms with E-state index >= 15 is 0 Å². The van der Waals surface area contributed by atoms with Gasteiger partial charge in [-0.25, -0.2) is 9.50 Å². The van der Waals surface area contributed by atoms with Crippen molar-refractivity contribution in [2.45, 2.75) is 38.6 Å². The highest BCUT2D eigenvalue weighted by atomic mass is 79.9. The van der Waals surface area contributed by atoms with Crippen LogP contribution < -0.4 is 5.32 Å². The molecule has 1 unspecified atom stereocenters. The Morgan fingerprint density at radius 1 is 1.28 bits per heavy atom. The van der Waals surface area contributed by atoms with E-state index in [4.69, 9.17) is 0 Å². The third kappa shape index (κ3) is 4.07. The van der Waals surface area contributed by atoms with Gasteiger partial charge in [0.2, 0.25) is 0 Å². The Kier molecular flexibility index (Phi) is 5.81. The zero-order chi connectivity index (χ0) is 17.6. The average molecular weight is 401 g/mol. The van der Waals surface area contributed by atoms with E-state index in [2.05, 4.69) is 50.4 Å². The van der Waals surface area contributed by atoms with Gasteiger partial charge in [0.15, 0.2) is 5.69 Å². The van der Waals surface area contributed by atoms with Crippen LogP contribution in [0, 0.1) is 0 Å². The lowest BCUT2D eigenvalue weighted by atomic mass is 10.00. The summed E-state index contributed by atoms with van der Waals surface area (Å²) in [4.78, 5) is 17.2. The third-order valence-corrected chi connectivity index (χ3v) is 4.79. The second-order valence-electron chi connectivity index (χ2n) is 5.99. The molecule has 0 aliphatic carbocycles. The van der Waals surface area contributed by atoms with Crippen molar-refractivity contribution in [1.82, 2.24) is 19.9 Å². The first-order valence-electron chi connectivity index (χ1n) is 8.54. The second-order valence-corrected chi connectivity index (χ2v) is 6.85. The van der Waals surface area contributed by atoms with Gasteiger partial charge in [-0.05, 0) is 27.9 Å². The van der Waals surface area contributed by atoms with Crippen molar-refractivity contribution in [1.29, 1.82) is 0 Å². The number of carbonyl (C=O) groups excluding carboxylic acids is 1. The third-order valence-electron chi connectivity index (χ3n) is 4.21. The van der Waals surface area contributed by atoms with Crippen LogP contribution in [0.2, 0.25) is 0 Å². The van der Waals surface area contributed by atoms with Crippen LogP contribution in [-0.2, 0) is 0 Å². The van der Waals surface area contributed by atoms with Crippen LogP contribution in [0.3, 0.4) is 0 Å². The molecule has 0 spiro atoms. The van der Waals surface area contributed by atoms with Crippen molar-refractivity contribution in [3.63, 3.8) is 0 Å². The highest BCUT2D eigenvalue weighted by molar-refractivity contribution is 9.10. The first kappa shape index (κ1) is 17.6. The number of hydrogen-bond donors (Lipinski definition) is 1. The Bertz CT molecular complexity index is 847. The van der Waals surface area contributed by atoms with Gasteiger partial charge in [0, 0.05) is 12.4 Å². The zero-order valence-corrected chi connectivity index (χ0v) is 15.7. The van der Waals surface area contributed by atoms with Crippen LogP contribution in [-0.4, -0.2) is 20.5 Å². The van der Waals surface area contributed by atoms with Crippen molar-refractivity contribution in [2.24, 2.45) is 0 Å². The lowest BCUT2D eigenvalue weighted by Crippen LogP contribution is -2.29. The fourth-order valence-electron chi connectivity index (χ4n) is 2.91. The van der Waals surface area contributed by atoms with E-state index in [1.165, 1.54) is 0 Å². The van der Waals surface area contributed by atoms with Gasteiger partial charge in [0.1, 0.15) is 5.52 Å². The summed E-state index contributed by atoms with van der Waals surface area (Å²) in [5, 5.41) is 7.36. The lowest BCUT2D eigenvalue weighted by Gasteiger charge is -2.19. The fourth-order valence-corrected chi connectivity index (χ4v) is 3.37. The predicted molar refractivity (Wildman–Crippen MR) is 101 cm³/mol. The van der Waals surface area contributed by atoms with Crippen molar-refractivity contribution in [3.8, 4) is 0 Å². The van der Waals surface area contributed by atoms with Crippen LogP contribution >= 0.6 is 15.9 Å². The molecular weight excluding hydrogens is 380 g/mol. The first-order chi connectivity index (χ1) is 12.2. The lowest BCUT2D eigenvalue weighted by molar-refractivity contribution is 0.0930. The number of aromatic nitrogens is 3. The summed E-state index contributed by atoms with van der Waals surface area (Å²) in [5.74, 6) is -0.183. The maximum Gasteiger partial charge on any atom is 0.272 e. The smallest absolute Gasteiger partial charge is 0.272 e. The minimum Gasteiger partial charge on any atom is -0.344 e. The number of benzene rings is 1. The van der Waals surface area contributed by atoms with Gasteiger partial charge in [-0.2, -0.15) is 5.10 Å². The van der Waals surface area contributed by atoms with E-state index in [1.807, 2.05) is 18.2 Å². The van der Waals surface area contributed by atoms with Crippen LogP contribution in [0.4, 0.5) is 0 Å². The molecule has 130 valence electrons. The number of rotatable bonds is 7.